The predicted molar refractivity (Wildman–Crippen MR) is 89.2 cm³/mol. The third-order valence-electron chi connectivity index (χ3n) is 4.19. The lowest BCUT2D eigenvalue weighted by Crippen LogP contribution is -2.48. The Hall–Kier alpha value is -3.22. The molecule has 2 aromatic heterocycles. The quantitative estimate of drug-likeness (QED) is 0.727. The van der Waals surface area contributed by atoms with Crippen molar-refractivity contribution in [3.8, 4) is 17.3 Å². The number of hydrogen-bond donors (Lipinski definition) is 0. The van der Waals surface area contributed by atoms with E-state index in [1.165, 1.54) is 7.11 Å². The summed E-state index contributed by atoms with van der Waals surface area (Å²) in [4.78, 5) is 22.8. The highest BCUT2D eigenvalue weighted by atomic mass is 16.5. The van der Waals surface area contributed by atoms with Crippen molar-refractivity contribution in [3.05, 3.63) is 60.1 Å². The molecular formula is C18H16N4O3. The van der Waals surface area contributed by atoms with Crippen LogP contribution >= 0.6 is 0 Å². The minimum absolute atomic E-state index is 0.0524. The first-order valence-electron chi connectivity index (χ1n) is 7.93. The molecule has 0 atom stereocenters. The monoisotopic (exact) mass is 336 g/mol. The molecule has 1 saturated heterocycles. The van der Waals surface area contributed by atoms with E-state index in [2.05, 4.69) is 15.1 Å². The summed E-state index contributed by atoms with van der Waals surface area (Å²) in [7, 11) is 1.50. The third-order valence-corrected chi connectivity index (χ3v) is 4.19. The summed E-state index contributed by atoms with van der Waals surface area (Å²) >= 11 is 0. The van der Waals surface area contributed by atoms with E-state index in [0.717, 1.165) is 5.56 Å². The zero-order valence-corrected chi connectivity index (χ0v) is 13.6. The van der Waals surface area contributed by atoms with Crippen LogP contribution < -0.4 is 4.74 Å². The SMILES string of the molecule is COc1ncccc1C(=O)N1CC(c2nc(-c3ccccc3)no2)C1. The van der Waals surface area contributed by atoms with Gasteiger partial charge in [0.15, 0.2) is 0 Å². The van der Waals surface area contributed by atoms with Crippen molar-refractivity contribution in [2.24, 2.45) is 0 Å². The van der Waals surface area contributed by atoms with Crippen LogP contribution in [0.25, 0.3) is 11.4 Å². The maximum atomic E-state index is 12.5. The average molecular weight is 336 g/mol. The van der Waals surface area contributed by atoms with Crippen LogP contribution in [-0.4, -0.2) is 46.1 Å². The Labute approximate surface area is 144 Å². The van der Waals surface area contributed by atoms with Crippen molar-refractivity contribution >= 4 is 5.91 Å². The van der Waals surface area contributed by atoms with Crippen LogP contribution in [-0.2, 0) is 0 Å². The molecule has 1 amide bonds. The minimum Gasteiger partial charge on any atom is -0.480 e. The molecule has 3 heterocycles. The second-order valence-corrected chi connectivity index (χ2v) is 5.79. The van der Waals surface area contributed by atoms with Crippen LogP contribution in [0.15, 0.2) is 53.2 Å². The van der Waals surface area contributed by atoms with Gasteiger partial charge in [0.1, 0.15) is 5.56 Å². The molecule has 0 aliphatic carbocycles. The Morgan fingerprint density at radius 2 is 2.00 bits per heavy atom. The van der Waals surface area contributed by atoms with Crippen LogP contribution in [0.4, 0.5) is 0 Å². The van der Waals surface area contributed by atoms with Crippen molar-refractivity contribution in [3.63, 3.8) is 0 Å². The molecular weight excluding hydrogens is 320 g/mol. The number of aromatic nitrogens is 3. The number of ether oxygens (including phenoxy) is 1. The van der Waals surface area contributed by atoms with E-state index in [1.54, 1.807) is 23.2 Å². The standard InChI is InChI=1S/C18H16N4O3/c1-24-17-14(8-5-9-19-17)18(23)22-10-13(11-22)16-20-15(21-25-16)12-6-3-2-4-7-12/h2-9,13H,10-11H2,1H3. The lowest BCUT2D eigenvalue weighted by molar-refractivity contribution is 0.0565. The molecule has 1 aliphatic heterocycles. The lowest BCUT2D eigenvalue weighted by Gasteiger charge is -2.37. The molecule has 4 rings (SSSR count). The highest BCUT2D eigenvalue weighted by Gasteiger charge is 2.37. The number of likely N-dealkylation sites (tertiary alicyclic amines) is 1. The number of hydrogen-bond acceptors (Lipinski definition) is 6. The molecule has 1 fully saturated rings. The molecule has 0 N–H and O–H groups in total. The maximum absolute atomic E-state index is 12.5. The molecule has 0 bridgehead atoms. The van der Waals surface area contributed by atoms with Crippen LogP contribution in [0.3, 0.4) is 0 Å². The molecule has 0 radical (unpaired) electrons. The van der Waals surface area contributed by atoms with Gasteiger partial charge in [-0.2, -0.15) is 4.98 Å². The molecule has 7 nitrogen and oxygen atoms in total. The van der Waals surface area contributed by atoms with Gasteiger partial charge in [-0.1, -0.05) is 35.5 Å². The van der Waals surface area contributed by atoms with E-state index in [-0.39, 0.29) is 11.8 Å². The Kier molecular flexibility index (Phi) is 3.89. The van der Waals surface area contributed by atoms with Crippen molar-refractivity contribution in [2.75, 3.05) is 20.2 Å². The van der Waals surface area contributed by atoms with Crippen LogP contribution in [0.2, 0.25) is 0 Å². The second-order valence-electron chi connectivity index (χ2n) is 5.79. The number of carbonyl (C=O) groups excluding carboxylic acids is 1. The predicted octanol–water partition coefficient (Wildman–Crippen LogP) is 2.38. The fourth-order valence-corrected chi connectivity index (χ4v) is 2.79. The zero-order valence-electron chi connectivity index (χ0n) is 13.6. The summed E-state index contributed by atoms with van der Waals surface area (Å²) in [6, 6.07) is 13.1. The smallest absolute Gasteiger partial charge is 0.259 e. The number of amides is 1. The van der Waals surface area contributed by atoms with Gasteiger partial charge in [-0.15, -0.1) is 0 Å². The van der Waals surface area contributed by atoms with Crippen molar-refractivity contribution < 1.29 is 14.1 Å². The van der Waals surface area contributed by atoms with Crippen LogP contribution in [0.5, 0.6) is 5.88 Å². The summed E-state index contributed by atoms with van der Waals surface area (Å²) in [5, 5.41) is 4.03. The van der Waals surface area contributed by atoms with Crippen LogP contribution in [0, 0.1) is 0 Å². The minimum atomic E-state index is -0.107. The van der Waals surface area contributed by atoms with Crippen LogP contribution in [0.1, 0.15) is 22.2 Å². The second kappa shape index (κ2) is 6.35. The third kappa shape index (κ3) is 2.84. The van der Waals surface area contributed by atoms with Gasteiger partial charge in [0, 0.05) is 24.8 Å². The Bertz CT molecular complexity index is 888. The molecule has 126 valence electrons. The fourth-order valence-electron chi connectivity index (χ4n) is 2.79. The van der Waals surface area contributed by atoms with Crippen molar-refractivity contribution in [1.29, 1.82) is 0 Å². The number of rotatable bonds is 4. The summed E-state index contributed by atoms with van der Waals surface area (Å²) in [6.07, 6.45) is 1.60. The fraction of sp³-hybridized carbons (Fsp3) is 0.222. The van der Waals surface area contributed by atoms with Gasteiger partial charge in [0.25, 0.3) is 5.91 Å². The first kappa shape index (κ1) is 15.3. The largest absolute Gasteiger partial charge is 0.480 e. The molecule has 3 aromatic rings. The van der Waals surface area contributed by atoms with E-state index in [9.17, 15) is 4.79 Å². The van der Waals surface area contributed by atoms with E-state index in [0.29, 0.717) is 36.2 Å². The van der Waals surface area contributed by atoms with Crippen molar-refractivity contribution in [2.45, 2.75) is 5.92 Å². The molecule has 1 aliphatic rings. The van der Waals surface area contributed by atoms with Gasteiger partial charge < -0.3 is 14.2 Å². The highest BCUT2D eigenvalue weighted by Crippen LogP contribution is 2.30. The van der Waals surface area contributed by atoms with Crippen molar-refractivity contribution in [1.82, 2.24) is 20.0 Å². The Morgan fingerprint density at radius 1 is 1.20 bits per heavy atom. The van der Waals surface area contributed by atoms with E-state index < -0.39 is 0 Å². The molecule has 25 heavy (non-hydrogen) atoms. The van der Waals surface area contributed by atoms with E-state index >= 15 is 0 Å². The van der Waals surface area contributed by atoms with E-state index in [4.69, 9.17) is 9.26 Å². The van der Waals surface area contributed by atoms with Gasteiger partial charge in [-0.05, 0) is 12.1 Å². The Balaban J connectivity index is 1.44. The number of nitrogens with zero attached hydrogens (tertiary/aromatic N) is 4. The first-order valence-corrected chi connectivity index (χ1v) is 7.93. The van der Waals surface area contributed by atoms with E-state index in [1.807, 2.05) is 30.3 Å². The number of carbonyl (C=O) groups is 1. The van der Waals surface area contributed by atoms with Gasteiger partial charge in [-0.25, -0.2) is 4.98 Å². The number of benzene rings is 1. The van der Waals surface area contributed by atoms with Gasteiger partial charge in [-0.3, -0.25) is 4.79 Å². The molecule has 0 spiro atoms. The summed E-state index contributed by atoms with van der Waals surface area (Å²) < 4.78 is 10.5. The van der Waals surface area contributed by atoms with Gasteiger partial charge >= 0.3 is 0 Å². The highest BCUT2D eigenvalue weighted by molar-refractivity contribution is 5.96. The normalized spacial score (nSPS) is 14.2. The topological polar surface area (TPSA) is 81.4 Å². The summed E-state index contributed by atoms with van der Waals surface area (Å²) in [5.74, 6) is 1.40. The first-order chi connectivity index (χ1) is 12.3. The Morgan fingerprint density at radius 3 is 2.76 bits per heavy atom. The average Bonchev–Trinajstić information content (AvgIpc) is 3.10. The number of pyridine rings is 1. The lowest BCUT2D eigenvalue weighted by atomic mass is 9.99. The number of methoxy groups -OCH3 is 1. The molecule has 1 aromatic carbocycles. The molecule has 7 heteroatoms. The summed E-state index contributed by atoms with van der Waals surface area (Å²) in [5.41, 5.74) is 1.36. The summed E-state index contributed by atoms with van der Waals surface area (Å²) in [6.45, 7) is 1.07. The maximum Gasteiger partial charge on any atom is 0.259 e. The molecule has 0 unspecified atom stereocenters. The van der Waals surface area contributed by atoms with Gasteiger partial charge in [0.2, 0.25) is 17.6 Å². The zero-order chi connectivity index (χ0) is 17.2. The van der Waals surface area contributed by atoms with Gasteiger partial charge in [0.05, 0.1) is 13.0 Å². The molecule has 0 saturated carbocycles.